The van der Waals surface area contributed by atoms with Crippen LogP contribution in [-0.2, 0) is 16.1 Å². The van der Waals surface area contributed by atoms with Crippen LogP contribution in [0.15, 0.2) is 30.3 Å². The van der Waals surface area contributed by atoms with Crippen molar-refractivity contribution < 1.29 is 19.4 Å². The number of benzene rings is 1. The van der Waals surface area contributed by atoms with Crippen LogP contribution in [0.5, 0.6) is 0 Å². The Hall–Kier alpha value is -2.04. The quantitative estimate of drug-likeness (QED) is 0.925. The van der Waals surface area contributed by atoms with E-state index in [1.807, 2.05) is 30.3 Å². The average molecular weight is 317 g/mol. The van der Waals surface area contributed by atoms with E-state index in [4.69, 9.17) is 9.84 Å². The Morgan fingerprint density at radius 3 is 2.65 bits per heavy atom. The molecule has 1 aliphatic heterocycles. The maximum Gasteiger partial charge on any atom is 0.410 e. The minimum atomic E-state index is -0.779. The van der Waals surface area contributed by atoms with Crippen LogP contribution in [0.3, 0.4) is 0 Å². The minimum Gasteiger partial charge on any atom is -0.481 e. The number of fused-ring (bicyclic) bond motifs is 1. The highest BCUT2D eigenvalue weighted by molar-refractivity contribution is 5.70. The van der Waals surface area contributed by atoms with Gasteiger partial charge in [-0.05, 0) is 30.2 Å². The standard InChI is InChI=1S/C18H23NO4/c20-17(21)10-14-11-19(16-9-5-4-8-15(14)16)18(22)23-12-13-6-2-1-3-7-13/h1-3,6-7,14-16H,4-5,8-12H2,(H,20,21). The summed E-state index contributed by atoms with van der Waals surface area (Å²) in [6.45, 7) is 0.770. The average Bonchev–Trinajstić information content (AvgIpc) is 2.92. The second-order valence-corrected chi connectivity index (χ2v) is 6.57. The summed E-state index contributed by atoms with van der Waals surface area (Å²) in [5, 5.41) is 9.11. The summed E-state index contributed by atoms with van der Waals surface area (Å²) in [5.74, 6) is -0.412. The molecule has 0 radical (unpaired) electrons. The van der Waals surface area contributed by atoms with Crippen molar-refractivity contribution >= 4 is 12.1 Å². The highest BCUT2D eigenvalue weighted by Crippen LogP contribution is 2.41. The second kappa shape index (κ2) is 7.02. The predicted octanol–water partition coefficient (Wildman–Crippen LogP) is 3.29. The fourth-order valence-electron chi connectivity index (χ4n) is 4.05. The van der Waals surface area contributed by atoms with Gasteiger partial charge in [0.2, 0.25) is 0 Å². The van der Waals surface area contributed by atoms with E-state index in [-0.39, 0.29) is 31.1 Å². The number of nitrogens with zero attached hydrogens (tertiary/aromatic N) is 1. The fourth-order valence-corrected chi connectivity index (χ4v) is 4.05. The molecule has 1 amide bonds. The van der Waals surface area contributed by atoms with Crippen molar-refractivity contribution in [1.29, 1.82) is 0 Å². The molecule has 3 atom stereocenters. The van der Waals surface area contributed by atoms with Crippen molar-refractivity contribution in [2.45, 2.75) is 44.8 Å². The number of carboxylic acid groups (broad SMARTS) is 1. The molecule has 3 rings (SSSR count). The smallest absolute Gasteiger partial charge is 0.410 e. The van der Waals surface area contributed by atoms with E-state index in [0.717, 1.165) is 31.2 Å². The van der Waals surface area contributed by atoms with E-state index >= 15 is 0 Å². The molecule has 2 aliphatic rings. The number of aliphatic carboxylic acids is 1. The summed E-state index contributed by atoms with van der Waals surface area (Å²) < 4.78 is 5.45. The highest BCUT2D eigenvalue weighted by atomic mass is 16.6. The lowest BCUT2D eigenvalue weighted by Crippen LogP contribution is -2.39. The van der Waals surface area contributed by atoms with Crippen LogP contribution in [0.2, 0.25) is 0 Å². The molecule has 1 N–H and O–H groups in total. The molecule has 1 heterocycles. The van der Waals surface area contributed by atoms with Crippen LogP contribution in [0.25, 0.3) is 0 Å². The summed E-state index contributed by atoms with van der Waals surface area (Å²) in [5.41, 5.74) is 0.960. The summed E-state index contributed by atoms with van der Waals surface area (Å²) in [6, 6.07) is 9.76. The molecular formula is C18H23NO4. The molecule has 1 aliphatic carbocycles. The predicted molar refractivity (Wildman–Crippen MR) is 84.8 cm³/mol. The van der Waals surface area contributed by atoms with E-state index in [9.17, 15) is 9.59 Å². The Kier molecular flexibility index (Phi) is 4.84. The normalized spacial score (nSPS) is 26.6. The van der Waals surface area contributed by atoms with Gasteiger partial charge >= 0.3 is 12.1 Å². The first-order chi connectivity index (χ1) is 11.1. The van der Waals surface area contributed by atoms with E-state index in [0.29, 0.717) is 12.5 Å². The van der Waals surface area contributed by atoms with E-state index in [2.05, 4.69) is 0 Å². The molecule has 5 nitrogen and oxygen atoms in total. The molecular weight excluding hydrogens is 294 g/mol. The van der Waals surface area contributed by atoms with Gasteiger partial charge in [-0.25, -0.2) is 4.79 Å². The maximum atomic E-state index is 12.5. The zero-order valence-electron chi connectivity index (χ0n) is 13.2. The Labute approximate surface area is 136 Å². The molecule has 0 spiro atoms. The number of hydrogen-bond donors (Lipinski definition) is 1. The van der Waals surface area contributed by atoms with Gasteiger partial charge in [0.05, 0.1) is 6.42 Å². The number of carbonyl (C=O) groups is 2. The molecule has 1 aromatic rings. The van der Waals surface area contributed by atoms with Gasteiger partial charge in [0.15, 0.2) is 0 Å². The van der Waals surface area contributed by atoms with Gasteiger partial charge in [0, 0.05) is 12.6 Å². The van der Waals surface area contributed by atoms with Gasteiger partial charge in [-0.2, -0.15) is 0 Å². The number of carbonyl (C=O) groups excluding carboxylic acids is 1. The number of likely N-dealkylation sites (tertiary alicyclic amines) is 1. The first kappa shape index (κ1) is 15.8. The first-order valence-electron chi connectivity index (χ1n) is 8.34. The summed E-state index contributed by atoms with van der Waals surface area (Å²) >= 11 is 0. The molecule has 1 saturated carbocycles. The first-order valence-corrected chi connectivity index (χ1v) is 8.34. The lowest BCUT2D eigenvalue weighted by Gasteiger charge is -2.31. The summed E-state index contributed by atoms with van der Waals surface area (Å²) in [7, 11) is 0. The van der Waals surface area contributed by atoms with E-state index in [1.165, 1.54) is 0 Å². The lowest BCUT2D eigenvalue weighted by atomic mass is 9.78. The number of carboxylic acids is 1. The molecule has 2 fully saturated rings. The molecule has 3 unspecified atom stereocenters. The third-order valence-corrected chi connectivity index (χ3v) is 5.10. The molecule has 23 heavy (non-hydrogen) atoms. The largest absolute Gasteiger partial charge is 0.481 e. The van der Waals surface area contributed by atoms with Gasteiger partial charge in [-0.15, -0.1) is 0 Å². The fraction of sp³-hybridized carbons (Fsp3) is 0.556. The summed E-state index contributed by atoms with van der Waals surface area (Å²) in [4.78, 5) is 25.3. The molecule has 0 aromatic heterocycles. The van der Waals surface area contributed by atoms with Crippen molar-refractivity contribution in [2.75, 3.05) is 6.54 Å². The van der Waals surface area contributed by atoms with E-state index < -0.39 is 5.97 Å². The van der Waals surface area contributed by atoms with E-state index in [1.54, 1.807) is 4.90 Å². The Morgan fingerprint density at radius 2 is 1.91 bits per heavy atom. The van der Waals surface area contributed by atoms with Crippen LogP contribution in [0.4, 0.5) is 4.79 Å². The van der Waals surface area contributed by atoms with Crippen molar-refractivity contribution in [3.8, 4) is 0 Å². The Balaban J connectivity index is 1.63. The molecule has 124 valence electrons. The summed E-state index contributed by atoms with van der Waals surface area (Å²) in [6.07, 6.45) is 4.04. The van der Waals surface area contributed by atoms with Gasteiger partial charge in [-0.3, -0.25) is 4.79 Å². The van der Waals surface area contributed by atoms with Crippen LogP contribution in [0.1, 0.15) is 37.7 Å². The van der Waals surface area contributed by atoms with Crippen LogP contribution < -0.4 is 0 Å². The van der Waals surface area contributed by atoms with Gasteiger partial charge in [-0.1, -0.05) is 43.2 Å². The SMILES string of the molecule is O=C(O)CC1CN(C(=O)OCc2ccccc2)C2CCCCC12. The molecule has 5 heteroatoms. The van der Waals surface area contributed by atoms with Crippen molar-refractivity contribution in [1.82, 2.24) is 4.90 Å². The van der Waals surface area contributed by atoms with Crippen LogP contribution >= 0.6 is 0 Å². The maximum absolute atomic E-state index is 12.5. The number of rotatable bonds is 4. The molecule has 1 aromatic carbocycles. The minimum absolute atomic E-state index is 0.0575. The van der Waals surface area contributed by atoms with Crippen LogP contribution in [-0.4, -0.2) is 34.7 Å². The van der Waals surface area contributed by atoms with Crippen LogP contribution in [0, 0.1) is 11.8 Å². The Bertz CT molecular complexity index is 559. The topological polar surface area (TPSA) is 66.8 Å². The number of ether oxygens (including phenoxy) is 1. The van der Waals surface area contributed by atoms with Crippen molar-refractivity contribution in [3.63, 3.8) is 0 Å². The zero-order valence-corrected chi connectivity index (χ0v) is 13.2. The van der Waals surface area contributed by atoms with Gasteiger partial charge in [0.1, 0.15) is 6.61 Å². The van der Waals surface area contributed by atoms with Gasteiger partial charge < -0.3 is 14.7 Å². The third-order valence-electron chi connectivity index (χ3n) is 5.10. The third kappa shape index (κ3) is 3.66. The second-order valence-electron chi connectivity index (χ2n) is 6.57. The monoisotopic (exact) mass is 317 g/mol. The lowest BCUT2D eigenvalue weighted by molar-refractivity contribution is -0.138. The van der Waals surface area contributed by atoms with Crippen molar-refractivity contribution in [2.24, 2.45) is 11.8 Å². The molecule has 1 saturated heterocycles. The highest BCUT2D eigenvalue weighted by Gasteiger charge is 2.45. The molecule has 0 bridgehead atoms. The van der Waals surface area contributed by atoms with Gasteiger partial charge in [0.25, 0.3) is 0 Å². The Morgan fingerprint density at radius 1 is 1.17 bits per heavy atom. The number of hydrogen-bond acceptors (Lipinski definition) is 3. The van der Waals surface area contributed by atoms with Crippen molar-refractivity contribution in [3.05, 3.63) is 35.9 Å². The zero-order chi connectivity index (χ0) is 16.2. The number of amides is 1.